The van der Waals surface area contributed by atoms with Gasteiger partial charge in [-0.15, -0.1) is 0 Å². The van der Waals surface area contributed by atoms with Gasteiger partial charge in [0.2, 0.25) is 0 Å². The molecule has 3 rings (SSSR count). The van der Waals surface area contributed by atoms with Crippen LogP contribution in [0.5, 0.6) is 0 Å². The van der Waals surface area contributed by atoms with Crippen LogP contribution in [0.25, 0.3) is 22.4 Å². The van der Waals surface area contributed by atoms with Gasteiger partial charge in [0.15, 0.2) is 0 Å². The summed E-state index contributed by atoms with van der Waals surface area (Å²) in [5.74, 6) is 0.888. The van der Waals surface area contributed by atoms with E-state index in [4.69, 9.17) is 0 Å². The van der Waals surface area contributed by atoms with Gasteiger partial charge < -0.3 is 4.98 Å². The second kappa shape index (κ2) is 4.52. The van der Waals surface area contributed by atoms with Crippen LogP contribution in [-0.2, 0) is 0 Å². The number of nitrogens with zero attached hydrogens (tertiary/aromatic N) is 1. The number of H-pyrrole nitrogens is 1. The van der Waals surface area contributed by atoms with Crippen molar-refractivity contribution in [3.8, 4) is 11.4 Å². The van der Waals surface area contributed by atoms with Crippen molar-refractivity contribution in [2.45, 2.75) is 6.92 Å². The highest BCUT2D eigenvalue weighted by molar-refractivity contribution is 9.10. The number of aromatic amines is 1. The van der Waals surface area contributed by atoms with Gasteiger partial charge in [-0.3, -0.25) is 0 Å². The fourth-order valence-electron chi connectivity index (χ4n) is 2.03. The molecule has 90 valence electrons. The number of halogens is 2. The molecule has 0 unspecified atom stereocenters. The molecule has 0 fully saturated rings. The summed E-state index contributed by atoms with van der Waals surface area (Å²) < 4.78 is 2.11. The molecule has 0 aliphatic carbocycles. The van der Waals surface area contributed by atoms with Gasteiger partial charge >= 0.3 is 0 Å². The van der Waals surface area contributed by atoms with Crippen molar-refractivity contribution in [1.82, 2.24) is 9.97 Å². The Bertz CT molecular complexity index is 732. The van der Waals surface area contributed by atoms with Crippen molar-refractivity contribution in [3.63, 3.8) is 0 Å². The van der Waals surface area contributed by atoms with Crippen molar-refractivity contribution >= 4 is 42.9 Å². The summed E-state index contributed by atoms with van der Waals surface area (Å²) in [5, 5.41) is 0. The van der Waals surface area contributed by atoms with Crippen LogP contribution in [0.15, 0.2) is 45.3 Å². The number of fused-ring (bicyclic) bond motifs is 1. The van der Waals surface area contributed by atoms with Crippen molar-refractivity contribution in [1.29, 1.82) is 0 Å². The average Bonchev–Trinajstić information content (AvgIpc) is 2.73. The molecule has 1 aromatic heterocycles. The highest BCUT2D eigenvalue weighted by atomic mass is 79.9. The van der Waals surface area contributed by atoms with Crippen LogP contribution in [0.1, 0.15) is 5.56 Å². The van der Waals surface area contributed by atoms with Gasteiger partial charge in [-0.25, -0.2) is 4.98 Å². The van der Waals surface area contributed by atoms with Crippen LogP contribution in [0, 0.1) is 6.92 Å². The smallest absolute Gasteiger partial charge is 0.139 e. The molecule has 2 nitrogen and oxygen atoms in total. The first kappa shape index (κ1) is 11.9. The van der Waals surface area contributed by atoms with Crippen LogP contribution < -0.4 is 0 Å². The predicted molar refractivity (Wildman–Crippen MR) is 81.7 cm³/mol. The topological polar surface area (TPSA) is 28.7 Å². The third kappa shape index (κ3) is 1.99. The molecule has 0 atom stereocenters. The lowest BCUT2D eigenvalue weighted by atomic mass is 10.2. The standard InChI is InChI=1S/C14H10Br2N2/c1-8-6-9(15)7-12-13(8)18-14(17-12)10-4-2-3-5-11(10)16/h2-7H,1H3,(H,17,18). The summed E-state index contributed by atoms with van der Waals surface area (Å²) in [6, 6.07) is 12.2. The predicted octanol–water partition coefficient (Wildman–Crippen LogP) is 5.06. The Labute approximate surface area is 122 Å². The Morgan fingerprint density at radius 2 is 1.89 bits per heavy atom. The molecule has 0 aliphatic heterocycles. The molecule has 0 radical (unpaired) electrons. The number of benzene rings is 2. The lowest BCUT2D eigenvalue weighted by molar-refractivity contribution is 1.32. The summed E-state index contributed by atoms with van der Waals surface area (Å²) in [5.41, 5.74) is 4.30. The fraction of sp³-hybridized carbons (Fsp3) is 0.0714. The third-order valence-corrected chi connectivity index (χ3v) is 4.02. The van der Waals surface area contributed by atoms with Crippen molar-refractivity contribution in [2.75, 3.05) is 0 Å². The molecule has 0 amide bonds. The molecular weight excluding hydrogens is 356 g/mol. The van der Waals surface area contributed by atoms with Crippen LogP contribution in [0.2, 0.25) is 0 Å². The molecule has 18 heavy (non-hydrogen) atoms. The van der Waals surface area contributed by atoms with Gasteiger partial charge in [-0.05, 0) is 30.7 Å². The maximum atomic E-state index is 4.68. The van der Waals surface area contributed by atoms with Gasteiger partial charge in [0.1, 0.15) is 5.82 Å². The van der Waals surface area contributed by atoms with E-state index < -0.39 is 0 Å². The van der Waals surface area contributed by atoms with E-state index in [-0.39, 0.29) is 0 Å². The van der Waals surface area contributed by atoms with E-state index in [1.54, 1.807) is 0 Å². The minimum atomic E-state index is 0.888. The maximum Gasteiger partial charge on any atom is 0.139 e. The Kier molecular flexibility index (Phi) is 2.99. The van der Waals surface area contributed by atoms with Crippen LogP contribution in [0.4, 0.5) is 0 Å². The molecular formula is C14H10Br2N2. The highest BCUT2D eigenvalue weighted by Gasteiger charge is 2.10. The highest BCUT2D eigenvalue weighted by Crippen LogP contribution is 2.29. The largest absolute Gasteiger partial charge is 0.338 e. The Morgan fingerprint density at radius 1 is 1.11 bits per heavy atom. The lowest BCUT2D eigenvalue weighted by Gasteiger charge is -1.98. The molecule has 0 saturated heterocycles. The minimum absolute atomic E-state index is 0.888. The molecule has 0 aliphatic rings. The number of hydrogen-bond acceptors (Lipinski definition) is 1. The quantitative estimate of drug-likeness (QED) is 0.641. The summed E-state index contributed by atoms with van der Waals surface area (Å²) in [7, 11) is 0. The van der Waals surface area contributed by atoms with Crippen LogP contribution in [-0.4, -0.2) is 9.97 Å². The van der Waals surface area contributed by atoms with Gasteiger partial charge in [-0.2, -0.15) is 0 Å². The van der Waals surface area contributed by atoms with Gasteiger partial charge in [0, 0.05) is 14.5 Å². The Hall–Kier alpha value is -1.13. The van der Waals surface area contributed by atoms with E-state index in [2.05, 4.69) is 60.9 Å². The van der Waals surface area contributed by atoms with E-state index in [1.807, 2.05) is 24.3 Å². The number of rotatable bonds is 1. The Morgan fingerprint density at radius 3 is 2.67 bits per heavy atom. The molecule has 0 bridgehead atoms. The Balaban J connectivity index is 2.26. The number of aromatic nitrogens is 2. The van der Waals surface area contributed by atoms with E-state index in [9.17, 15) is 0 Å². The molecule has 4 heteroatoms. The van der Waals surface area contributed by atoms with Gasteiger partial charge in [0.25, 0.3) is 0 Å². The maximum absolute atomic E-state index is 4.68. The van der Waals surface area contributed by atoms with E-state index in [0.717, 1.165) is 36.9 Å². The average molecular weight is 366 g/mol. The first-order chi connectivity index (χ1) is 8.65. The van der Waals surface area contributed by atoms with Crippen molar-refractivity contribution in [3.05, 3.63) is 50.9 Å². The van der Waals surface area contributed by atoms with Gasteiger partial charge in [-0.1, -0.05) is 50.1 Å². The van der Waals surface area contributed by atoms with E-state index >= 15 is 0 Å². The third-order valence-electron chi connectivity index (χ3n) is 2.87. The lowest BCUT2D eigenvalue weighted by Crippen LogP contribution is -1.81. The molecule has 1 N–H and O–H groups in total. The SMILES string of the molecule is Cc1cc(Br)cc2[nH]c(-c3ccccc3Br)nc12. The van der Waals surface area contributed by atoms with Crippen LogP contribution in [0.3, 0.4) is 0 Å². The molecule has 0 saturated carbocycles. The monoisotopic (exact) mass is 364 g/mol. The zero-order chi connectivity index (χ0) is 12.7. The minimum Gasteiger partial charge on any atom is -0.338 e. The molecule has 0 spiro atoms. The molecule has 3 aromatic rings. The summed E-state index contributed by atoms with van der Waals surface area (Å²) >= 11 is 7.06. The molecule has 1 heterocycles. The normalized spacial score (nSPS) is 11.1. The van der Waals surface area contributed by atoms with E-state index in [0.29, 0.717) is 0 Å². The first-order valence-electron chi connectivity index (χ1n) is 5.56. The molecule has 2 aromatic carbocycles. The van der Waals surface area contributed by atoms with Gasteiger partial charge in [0.05, 0.1) is 11.0 Å². The number of nitrogens with one attached hydrogen (secondary N) is 1. The van der Waals surface area contributed by atoms with E-state index in [1.165, 1.54) is 0 Å². The van der Waals surface area contributed by atoms with Crippen molar-refractivity contribution < 1.29 is 0 Å². The zero-order valence-electron chi connectivity index (χ0n) is 9.67. The number of hydrogen-bond donors (Lipinski definition) is 1. The fourth-order valence-corrected chi connectivity index (χ4v) is 3.07. The second-order valence-electron chi connectivity index (χ2n) is 4.18. The zero-order valence-corrected chi connectivity index (χ0v) is 12.8. The van der Waals surface area contributed by atoms with Crippen molar-refractivity contribution in [2.24, 2.45) is 0 Å². The van der Waals surface area contributed by atoms with Crippen LogP contribution >= 0.6 is 31.9 Å². The summed E-state index contributed by atoms with van der Waals surface area (Å²) in [4.78, 5) is 8.04. The number of imidazole rings is 1. The summed E-state index contributed by atoms with van der Waals surface area (Å²) in [6.45, 7) is 2.07. The second-order valence-corrected chi connectivity index (χ2v) is 5.95. The first-order valence-corrected chi connectivity index (χ1v) is 7.14. The summed E-state index contributed by atoms with van der Waals surface area (Å²) in [6.07, 6.45) is 0. The number of aryl methyl sites for hydroxylation is 1.